The number of ether oxygens (including phenoxy) is 1. The van der Waals surface area contributed by atoms with Crippen LogP contribution in [0, 0.1) is 6.92 Å². The number of thiazole rings is 1. The van der Waals surface area contributed by atoms with Gasteiger partial charge >= 0.3 is 0 Å². The molecule has 2 aromatic carbocycles. The predicted molar refractivity (Wildman–Crippen MR) is 141 cm³/mol. The molecule has 0 N–H and O–H groups in total. The molecule has 7 nitrogen and oxygen atoms in total. The van der Waals surface area contributed by atoms with Crippen molar-refractivity contribution in [3.05, 3.63) is 48.0 Å². The Bertz CT molecular complexity index is 1190. The second-order valence-corrected chi connectivity index (χ2v) is 10.9. The number of rotatable bonds is 11. The Morgan fingerprint density at radius 1 is 1.06 bits per heavy atom. The van der Waals surface area contributed by atoms with Gasteiger partial charge in [0.25, 0.3) is 0 Å². The van der Waals surface area contributed by atoms with E-state index in [0.717, 1.165) is 23.4 Å². The van der Waals surface area contributed by atoms with Gasteiger partial charge in [0.2, 0.25) is 5.91 Å². The molecule has 1 amide bonds. The SMILES string of the molecule is CCN(CC)CCN(C(=O)CCS(=O)(=O)c1ccc(C)cc1)c1nc2c(OC)cccc2s1.Cl. The van der Waals surface area contributed by atoms with Crippen LogP contribution in [0.3, 0.4) is 0 Å². The number of anilines is 1. The van der Waals surface area contributed by atoms with E-state index in [1.54, 1.807) is 36.3 Å². The molecule has 0 radical (unpaired) electrons. The molecule has 0 unspecified atom stereocenters. The van der Waals surface area contributed by atoms with Crippen molar-refractivity contribution in [2.45, 2.75) is 32.1 Å². The van der Waals surface area contributed by atoms with E-state index >= 15 is 0 Å². The molecule has 1 heterocycles. The number of carbonyl (C=O) groups excluding carboxylic acids is 1. The van der Waals surface area contributed by atoms with Crippen molar-refractivity contribution in [2.24, 2.45) is 0 Å². The average molecular weight is 526 g/mol. The number of aryl methyl sites for hydroxylation is 1. The van der Waals surface area contributed by atoms with Gasteiger partial charge in [0.15, 0.2) is 15.0 Å². The van der Waals surface area contributed by atoms with Crippen LogP contribution >= 0.6 is 23.7 Å². The zero-order chi connectivity index (χ0) is 24.0. The van der Waals surface area contributed by atoms with Gasteiger partial charge in [-0.2, -0.15) is 0 Å². The lowest BCUT2D eigenvalue weighted by molar-refractivity contribution is -0.118. The molecule has 3 rings (SSSR count). The zero-order valence-electron chi connectivity index (χ0n) is 20.0. The van der Waals surface area contributed by atoms with Crippen LogP contribution in [-0.4, -0.2) is 63.3 Å². The minimum absolute atomic E-state index is 0. The van der Waals surface area contributed by atoms with Gasteiger partial charge in [0, 0.05) is 19.5 Å². The van der Waals surface area contributed by atoms with Gasteiger partial charge in [0.05, 0.1) is 22.5 Å². The molecule has 0 saturated heterocycles. The number of sulfone groups is 1. The Morgan fingerprint density at radius 3 is 2.35 bits per heavy atom. The van der Waals surface area contributed by atoms with E-state index in [1.807, 2.05) is 25.1 Å². The molecule has 34 heavy (non-hydrogen) atoms. The third kappa shape index (κ3) is 6.69. The lowest BCUT2D eigenvalue weighted by Gasteiger charge is -2.24. The Kier molecular flexibility index (Phi) is 10.3. The van der Waals surface area contributed by atoms with Crippen molar-refractivity contribution in [3.63, 3.8) is 0 Å². The second-order valence-electron chi connectivity index (χ2n) is 7.76. The quantitative estimate of drug-likeness (QED) is 0.365. The van der Waals surface area contributed by atoms with Crippen LogP contribution in [0.15, 0.2) is 47.4 Å². The van der Waals surface area contributed by atoms with Crippen LogP contribution in [-0.2, 0) is 14.6 Å². The average Bonchev–Trinajstić information content (AvgIpc) is 3.24. The summed E-state index contributed by atoms with van der Waals surface area (Å²) in [7, 11) is -1.97. The van der Waals surface area contributed by atoms with Crippen molar-refractivity contribution in [1.82, 2.24) is 9.88 Å². The second kappa shape index (κ2) is 12.5. The highest BCUT2D eigenvalue weighted by molar-refractivity contribution is 7.91. The number of hydrogen-bond acceptors (Lipinski definition) is 7. The first kappa shape index (κ1) is 28.0. The van der Waals surface area contributed by atoms with E-state index in [-0.39, 0.29) is 35.4 Å². The number of para-hydroxylation sites is 1. The minimum atomic E-state index is -3.56. The molecule has 0 aliphatic rings. The monoisotopic (exact) mass is 525 g/mol. The molecular weight excluding hydrogens is 494 g/mol. The van der Waals surface area contributed by atoms with Gasteiger partial charge in [-0.25, -0.2) is 13.4 Å². The summed E-state index contributed by atoms with van der Waals surface area (Å²) in [5, 5.41) is 0.555. The highest BCUT2D eigenvalue weighted by Crippen LogP contribution is 2.34. The number of likely N-dealkylation sites (N-methyl/N-ethyl adjacent to an activating group) is 1. The predicted octanol–water partition coefficient (Wildman–Crippen LogP) is 4.57. The van der Waals surface area contributed by atoms with E-state index < -0.39 is 9.84 Å². The first-order valence-electron chi connectivity index (χ1n) is 11.0. The molecule has 0 aliphatic carbocycles. The Hall–Kier alpha value is -2.20. The molecule has 0 aliphatic heterocycles. The summed E-state index contributed by atoms with van der Waals surface area (Å²) in [5.41, 5.74) is 1.69. The van der Waals surface area contributed by atoms with Crippen LogP contribution < -0.4 is 9.64 Å². The molecule has 0 spiro atoms. The summed E-state index contributed by atoms with van der Waals surface area (Å²) < 4.78 is 31.9. The lowest BCUT2D eigenvalue weighted by Crippen LogP contribution is -2.39. The maximum atomic E-state index is 13.3. The number of halogens is 1. The van der Waals surface area contributed by atoms with Crippen molar-refractivity contribution in [2.75, 3.05) is 43.9 Å². The van der Waals surface area contributed by atoms with Gasteiger partial charge in [-0.1, -0.05) is 48.9 Å². The number of nitrogens with zero attached hydrogens (tertiary/aromatic N) is 3. The van der Waals surface area contributed by atoms with Crippen molar-refractivity contribution >= 4 is 54.8 Å². The summed E-state index contributed by atoms with van der Waals surface area (Å²) >= 11 is 1.41. The number of methoxy groups -OCH3 is 1. The molecule has 0 bridgehead atoms. The molecule has 10 heteroatoms. The normalized spacial score (nSPS) is 11.4. The fourth-order valence-electron chi connectivity index (χ4n) is 3.52. The molecular formula is C24H32ClN3O4S2. The standard InChI is InChI=1S/C24H31N3O4S2.ClH/c1-5-26(6-2)15-16-27(24-25-23-20(31-4)8-7-9-21(23)32-24)22(28)14-17-33(29,30)19-12-10-18(3)11-13-19;/h7-13H,5-6,14-17H2,1-4H3;1H. The van der Waals surface area contributed by atoms with Crippen LogP contribution in [0.5, 0.6) is 5.75 Å². The number of carbonyl (C=O) groups is 1. The van der Waals surface area contributed by atoms with Crippen LogP contribution in [0.2, 0.25) is 0 Å². The van der Waals surface area contributed by atoms with Gasteiger partial charge in [-0.05, 0) is 44.3 Å². The topological polar surface area (TPSA) is 79.8 Å². The highest BCUT2D eigenvalue weighted by atomic mass is 35.5. The van der Waals surface area contributed by atoms with E-state index in [4.69, 9.17) is 4.74 Å². The maximum Gasteiger partial charge on any atom is 0.229 e. The van der Waals surface area contributed by atoms with Gasteiger partial charge in [-0.3, -0.25) is 9.69 Å². The van der Waals surface area contributed by atoms with Crippen molar-refractivity contribution in [1.29, 1.82) is 0 Å². The molecule has 0 fully saturated rings. The number of benzene rings is 2. The van der Waals surface area contributed by atoms with Crippen LogP contribution in [0.25, 0.3) is 10.2 Å². The lowest BCUT2D eigenvalue weighted by atomic mass is 10.2. The van der Waals surface area contributed by atoms with Crippen LogP contribution in [0.1, 0.15) is 25.8 Å². The largest absolute Gasteiger partial charge is 0.494 e. The fourth-order valence-corrected chi connectivity index (χ4v) is 5.78. The fraction of sp³-hybridized carbons (Fsp3) is 0.417. The van der Waals surface area contributed by atoms with E-state index in [9.17, 15) is 13.2 Å². The summed E-state index contributed by atoms with van der Waals surface area (Å²) in [5.74, 6) is 0.147. The van der Waals surface area contributed by atoms with Gasteiger partial charge in [0.1, 0.15) is 11.3 Å². The number of aromatic nitrogens is 1. The summed E-state index contributed by atoms with van der Waals surface area (Å²) in [6.45, 7) is 8.91. The smallest absolute Gasteiger partial charge is 0.229 e. The highest BCUT2D eigenvalue weighted by Gasteiger charge is 2.24. The Labute approximate surface area is 212 Å². The third-order valence-corrected chi connectivity index (χ3v) is 8.40. The van der Waals surface area contributed by atoms with Crippen LogP contribution in [0.4, 0.5) is 5.13 Å². The number of fused-ring (bicyclic) bond motifs is 1. The van der Waals surface area contributed by atoms with Gasteiger partial charge < -0.3 is 9.64 Å². The van der Waals surface area contributed by atoms with E-state index in [1.165, 1.54) is 11.3 Å². The molecule has 0 atom stereocenters. The first-order valence-corrected chi connectivity index (χ1v) is 13.5. The summed E-state index contributed by atoms with van der Waals surface area (Å²) in [6.07, 6.45) is -0.110. The molecule has 3 aromatic rings. The number of amides is 1. The molecule has 1 aromatic heterocycles. The maximum absolute atomic E-state index is 13.3. The summed E-state index contributed by atoms with van der Waals surface area (Å²) in [4.78, 5) is 22.0. The molecule has 186 valence electrons. The van der Waals surface area contributed by atoms with Crippen molar-refractivity contribution in [3.8, 4) is 5.75 Å². The van der Waals surface area contributed by atoms with Gasteiger partial charge in [-0.15, -0.1) is 12.4 Å². The minimum Gasteiger partial charge on any atom is -0.494 e. The van der Waals surface area contributed by atoms with E-state index in [0.29, 0.717) is 29.5 Å². The molecule has 0 saturated carbocycles. The number of hydrogen-bond donors (Lipinski definition) is 0. The van der Waals surface area contributed by atoms with Crippen molar-refractivity contribution < 1.29 is 17.9 Å². The Morgan fingerprint density at radius 2 is 1.74 bits per heavy atom. The van der Waals surface area contributed by atoms with E-state index in [2.05, 4.69) is 23.7 Å². The zero-order valence-corrected chi connectivity index (χ0v) is 22.4. The Balaban J connectivity index is 0.00000408. The third-order valence-electron chi connectivity index (χ3n) is 5.62. The summed E-state index contributed by atoms with van der Waals surface area (Å²) in [6, 6.07) is 12.4. The first-order chi connectivity index (χ1) is 15.8.